The van der Waals surface area contributed by atoms with Crippen LogP contribution in [0.5, 0.6) is 5.75 Å². The molecule has 0 fully saturated rings. The van der Waals surface area contributed by atoms with Gasteiger partial charge >= 0.3 is 0 Å². The zero-order chi connectivity index (χ0) is 21.3. The van der Waals surface area contributed by atoms with Gasteiger partial charge in [0.25, 0.3) is 0 Å². The summed E-state index contributed by atoms with van der Waals surface area (Å²) in [5.41, 5.74) is 3.62. The Labute approximate surface area is 178 Å². The van der Waals surface area contributed by atoms with Gasteiger partial charge in [0.15, 0.2) is 11.6 Å². The van der Waals surface area contributed by atoms with Gasteiger partial charge < -0.3 is 4.74 Å². The van der Waals surface area contributed by atoms with Crippen molar-refractivity contribution in [2.75, 3.05) is 6.61 Å². The molecule has 0 saturated heterocycles. The maximum absolute atomic E-state index is 14.5. The van der Waals surface area contributed by atoms with Crippen molar-refractivity contribution in [2.24, 2.45) is 5.92 Å². The molecule has 0 N–H and O–H groups in total. The van der Waals surface area contributed by atoms with Crippen LogP contribution in [0.1, 0.15) is 62.8 Å². The minimum absolute atomic E-state index is 0.0194. The molecule has 1 heterocycles. The van der Waals surface area contributed by atoms with Crippen LogP contribution in [0, 0.1) is 17.6 Å². The first-order chi connectivity index (χ1) is 14.6. The fraction of sp³-hybridized carbons (Fsp3) is 0.423. The number of nitrogens with zero attached hydrogens (tertiary/aromatic N) is 1. The van der Waals surface area contributed by atoms with Crippen LogP contribution < -0.4 is 4.74 Å². The van der Waals surface area contributed by atoms with Crippen molar-refractivity contribution < 1.29 is 13.5 Å². The van der Waals surface area contributed by atoms with Crippen LogP contribution >= 0.6 is 0 Å². The van der Waals surface area contributed by atoms with Crippen molar-refractivity contribution in [3.05, 3.63) is 77.1 Å². The van der Waals surface area contributed by atoms with Crippen LogP contribution in [0.2, 0.25) is 0 Å². The summed E-state index contributed by atoms with van der Waals surface area (Å²) in [6.45, 7) is 4.20. The number of pyridine rings is 1. The largest absolute Gasteiger partial charge is 0.491 e. The summed E-state index contributed by atoms with van der Waals surface area (Å²) >= 11 is 0. The quantitative estimate of drug-likeness (QED) is 0.411. The summed E-state index contributed by atoms with van der Waals surface area (Å²) in [5, 5.41) is 0. The third-order valence-corrected chi connectivity index (χ3v) is 5.67. The lowest BCUT2D eigenvalue weighted by atomic mass is 9.83. The Morgan fingerprint density at radius 1 is 1.10 bits per heavy atom. The molecular formula is C26H31F2NO. The molecule has 0 spiro atoms. The highest BCUT2D eigenvalue weighted by molar-refractivity contribution is 5.67. The van der Waals surface area contributed by atoms with E-state index in [1.807, 2.05) is 6.20 Å². The summed E-state index contributed by atoms with van der Waals surface area (Å²) < 4.78 is 33.8. The van der Waals surface area contributed by atoms with Crippen molar-refractivity contribution in [3.63, 3.8) is 0 Å². The van der Waals surface area contributed by atoms with Crippen LogP contribution in [0.3, 0.4) is 0 Å². The maximum Gasteiger partial charge on any atom is 0.201 e. The Kier molecular flexibility index (Phi) is 8.18. The first-order valence-electron chi connectivity index (χ1n) is 11.0. The molecule has 1 aliphatic carbocycles. The third-order valence-electron chi connectivity index (χ3n) is 5.67. The van der Waals surface area contributed by atoms with Gasteiger partial charge in [-0.3, -0.25) is 4.98 Å². The lowest BCUT2D eigenvalue weighted by Crippen LogP contribution is -2.08. The molecular weight excluding hydrogens is 380 g/mol. The maximum atomic E-state index is 14.5. The van der Waals surface area contributed by atoms with E-state index >= 15 is 0 Å². The summed E-state index contributed by atoms with van der Waals surface area (Å²) in [7, 11) is 0. The zero-order valence-corrected chi connectivity index (χ0v) is 18.0. The highest BCUT2D eigenvalue weighted by Crippen LogP contribution is 2.35. The number of hydrogen-bond acceptors (Lipinski definition) is 2. The molecule has 0 amide bonds. The highest BCUT2D eigenvalue weighted by Gasteiger charge is 2.21. The SMILES string of the molecule is CC/C=C\Cc1ccc(CCC2CC=C(c3ccc(OCC)c(F)c3F)CC2)cn1. The normalized spacial score (nSPS) is 16.7. The van der Waals surface area contributed by atoms with Crippen LogP contribution in [0.15, 0.2) is 48.7 Å². The number of aryl methyl sites for hydroxylation is 1. The number of ether oxygens (including phenoxy) is 1. The summed E-state index contributed by atoms with van der Waals surface area (Å²) in [4.78, 5) is 4.55. The molecule has 30 heavy (non-hydrogen) atoms. The van der Waals surface area contributed by atoms with Gasteiger partial charge in [0.2, 0.25) is 5.82 Å². The molecule has 3 rings (SSSR count). The van der Waals surface area contributed by atoms with E-state index in [2.05, 4.69) is 42.3 Å². The second-order valence-electron chi connectivity index (χ2n) is 7.82. The van der Waals surface area contributed by atoms with E-state index in [-0.39, 0.29) is 5.75 Å². The van der Waals surface area contributed by atoms with E-state index < -0.39 is 11.6 Å². The molecule has 1 aliphatic rings. The highest BCUT2D eigenvalue weighted by atomic mass is 19.2. The second kappa shape index (κ2) is 11.1. The molecule has 1 aromatic carbocycles. The van der Waals surface area contributed by atoms with Gasteiger partial charge in [0.05, 0.1) is 6.61 Å². The Bertz CT molecular complexity index is 887. The minimum atomic E-state index is -0.890. The fourth-order valence-electron chi connectivity index (χ4n) is 3.91. The van der Waals surface area contributed by atoms with Gasteiger partial charge in [-0.05, 0) is 80.7 Å². The molecule has 1 unspecified atom stereocenters. The number of hydrogen-bond donors (Lipinski definition) is 0. The van der Waals surface area contributed by atoms with Crippen LogP contribution in [-0.2, 0) is 12.8 Å². The lowest BCUT2D eigenvalue weighted by Gasteiger charge is -2.22. The van der Waals surface area contributed by atoms with Crippen LogP contribution in [0.25, 0.3) is 5.57 Å². The van der Waals surface area contributed by atoms with Crippen molar-refractivity contribution in [2.45, 2.75) is 58.8 Å². The standard InChI is InChI=1S/C26H31F2NO/c1-3-5-6-7-22-15-12-20(18-29-22)9-8-19-10-13-21(14-11-19)23-16-17-24(30-4-2)26(28)25(23)27/h5-6,12-13,15-19H,3-4,7-11,14H2,1-2H3/b6-5-. The molecule has 2 nitrogen and oxygen atoms in total. The molecule has 1 atom stereocenters. The van der Waals surface area contributed by atoms with Gasteiger partial charge in [-0.2, -0.15) is 4.39 Å². The van der Waals surface area contributed by atoms with E-state index in [0.29, 0.717) is 18.1 Å². The van der Waals surface area contributed by atoms with E-state index in [1.165, 1.54) is 11.6 Å². The first-order valence-corrected chi connectivity index (χ1v) is 11.0. The average Bonchev–Trinajstić information content (AvgIpc) is 2.77. The van der Waals surface area contributed by atoms with Crippen LogP contribution in [0.4, 0.5) is 8.78 Å². The first kappa shape index (κ1) is 22.2. The number of benzene rings is 1. The van der Waals surface area contributed by atoms with Gasteiger partial charge in [0.1, 0.15) is 0 Å². The smallest absolute Gasteiger partial charge is 0.201 e. The van der Waals surface area contributed by atoms with Crippen molar-refractivity contribution >= 4 is 5.57 Å². The Morgan fingerprint density at radius 2 is 1.97 bits per heavy atom. The van der Waals surface area contributed by atoms with Gasteiger partial charge in [-0.25, -0.2) is 4.39 Å². The monoisotopic (exact) mass is 411 g/mol. The Morgan fingerprint density at radius 3 is 2.63 bits per heavy atom. The summed E-state index contributed by atoms with van der Waals surface area (Å²) in [6, 6.07) is 7.44. The molecule has 4 heteroatoms. The predicted octanol–water partition coefficient (Wildman–Crippen LogP) is 7.08. The minimum Gasteiger partial charge on any atom is -0.491 e. The topological polar surface area (TPSA) is 22.1 Å². The lowest BCUT2D eigenvalue weighted by molar-refractivity contribution is 0.314. The Balaban J connectivity index is 1.54. The van der Waals surface area contributed by atoms with Crippen molar-refractivity contribution in [1.29, 1.82) is 0 Å². The number of allylic oxidation sites excluding steroid dienone is 4. The molecule has 160 valence electrons. The van der Waals surface area contributed by atoms with Gasteiger partial charge in [-0.15, -0.1) is 0 Å². The molecule has 0 bridgehead atoms. The van der Waals surface area contributed by atoms with E-state index in [4.69, 9.17) is 4.74 Å². The zero-order valence-electron chi connectivity index (χ0n) is 18.0. The van der Waals surface area contributed by atoms with Crippen molar-refractivity contribution in [1.82, 2.24) is 4.98 Å². The molecule has 0 saturated carbocycles. The number of rotatable bonds is 9. The van der Waals surface area contributed by atoms with E-state index in [1.54, 1.807) is 13.0 Å². The van der Waals surface area contributed by atoms with Crippen molar-refractivity contribution in [3.8, 4) is 5.75 Å². The van der Waals surface area contributed by atoms with E-state index in [9.17, 15) is 8.78 Å². The fourth-order valence-corrected chi connectivity index (χ4v) is 3.91. The third kappa shape index (κ3) is 5.78. The average molecular weight is 412 g/mol. The van der Waals surface area contributed by atoms with Gasteiger partial charge in [0, 0.05) is 23.9 Å². The molecule has 1 aromatic heterocycles. The van der Waals surface area contributed by atoms with Gasteiger partial charge in [-0.1, -0.05) is 31.2 Å². The second-order valence-corrected chi connectivity index (χ2v) is 7.82. The number of aromatic nitrogens is 1. The predicted molar refractivity (Wildman–Crippen MR) is 119 cm³/mol. The molecule has 0 aliphatic heterocycles. The molecule has 2 aromatic rings. The summed E-state index contributed by atoms with van der Waals surface area (Å²) in [6.07, 6.45) is 15.1. The number of halogens is 2. The van der Waals surface area contributed by atoms with E-state index in [0.717, 1.165) is 56.2 Å². The Hall–Kier alpha value is -2.49. The summed E-state index contributed by atoms with van der Waals surface area (Å²) in [5.74, 6) is -1.14. The molecule has 0 radical (unpaired) electrons. The van der Waals surface area contributed by atoms with Crippen LogP contribution in [-0.4, -0.2) is 11.6 Å².